The van der Waals surface area contributed by atoms with E-state index in [1.165, 1.54) is 0 Å². The average molecular weight is 1660 g/mol. The van der Waals surface area contributed by atoms with Gasteiger partial charge in [0.2, 0.25) is 5.91 Å². The zero-order valence-corrected chi connectivity index (χ0v) is 68.1. The molecule has 0 aromatic heterocycles. The summed E-state index contributed by atoms with van der Waals surface area (Å²) < 4.78 is 65.5. The molecule has 120 heavy (non-hydrogen) atoms. The Hall–Kier alpha value is -11.7. The summed E-state index contributed by atoms with van der Waals surface area (Å²) in [6.07, 6.45) is -3.86. The fourth-order valence-corrected chi connectivity index (χ4v) is 14.8. The zero-order valence-electron chi connectivity index (χ0n) is 67.2. The maximum Gasteiger partial charge on any atom is 0.513 e. The van der Waals surface area contributed by atoms with Gasteiger partial charge in [-0.1, -0.05) is 237 Å². The van der Waals surface area contributed by atoms with E-state index in [1.54, 1.807) is 140 Å². The highest BCUT2D eigenvalue weighted by molar-refractivity contribution is 7.53. The lowest BCUT2D eigenvalue weighted by Crippen LogP contribution is -2.49. The third-order valence-corrected chi connectivity index (χ3v) is 21.7. The van der Waals surface area contributed by atoms with Crippen molar-refractivity contribution in [2.75, 3.05) is 91.3 Å². The van der Waals surface area contributed by atoms with E-state index in [1.807, 2.05) is 117 Å². The van der Waals surface area contributed by atoms with Gasteiger partial charge < -0.3 is 52.6 Å². The van der Waals surface area contributed by atoms with Gasteiger partial charge in [0, 0.05) is 90.0 Å². The van der Waals surface area contributed by atoms with Gasteiger partial charge in [-0.25, -0.2) is 9.59 Å². The summed E-state index contributed by atoms with van der Waals surface area (Å²) in [6.45, 7) is 1.68. The summed E-state index contributed by atoms with van der Waals surface area (Å²) in [5.74, 6) is -8.97. The minimum absolute atomic E-state index is 0.0430. The number of esters is 7. The Morgan fingerprint density at radius 3 is 1.10 bits per heavy atom. The molecular formula is C92H104N5O22P. The molecule has 8 aromatic carbocycles. The Balaban J connectivity index is 0.822. The number of nitrogens with one attached hydrogen (secondary N) is 1. The molecule has 634 valence electrons. The van der Waals surface area contributed by atoms with Crippen molar-refractivity contribution in [2.24, 2.45) is 11.8 Å². The number of benzene rings is 8. The largest absolute Gasteiger partial charge is 0.513 e. The average Bonchev–Trinajstić information content (AvgIpc) is 0.863. The number of carbonyl (C=O) groups excluding carboxylic acids is 10. The second-order valence-corrected chi connectivity index (χ2v) is 31.1. The summed E-state index contributed by atoms with van der Waals surface area (Å²) in [7, 11) is -4.48. The van der Waals surface area contributed by atoms with Gasteiger partial charge in [0.1, 0.15) is 51.5 Å². The molecule has 4 atom stereocenters. The molecule has 0 saturated carbocycles. The standard InChI is InChI=1S/C92H104N5O22P/c98-81(58-94-48-50-95(59-86(102)112-63-72-25-10-2-11-26-72)52-54-97(61-88(104)114-65-74-29-14-4-15-30-74)55-53-96(51-49-94)60-87(103)113-64-73-27-12-3-13-28-73)38-22-37-70-39-41-78(42-40-70)83(99)57-79(89(105)115-66-75-31-16-5-17-32-75)43-45-84(100)93-82(91(107)119-92(108)109)47-56-117-120(110,118-68-77-35-20-7-21-36-77)69-80(90(106)116-67-76-33-18-6-19-34-76)44-46-85(101)111-62-71-23-8-1-9-24-71/h1-21,23-36,39-42,79-80,82H,22,37-38,43-69H2,(H,93,100)(H,108,109). The lowest BCUT2D eigenvalue weighted by Gasteiger charge is -2.33. The van der Waals surface area contributed by atoms with E-state index in [0.717, 1.165) is 27.8 Å². The highest BCUT2D eigenvalue weighted by Gasteiger charge is 2.37. The maximum absolute atomic E-state index is 15.0. The van der Waals surface area contributed by atoms with E-state index in [2.05, 4.69) is 10.1 Å². The second kappa shape index (κ2) is 50.9. The van der Waals surface area contributed by atoms with Crippen molar-refractivity contribution in [1.29, 1.82) is 0 Å². The topological polar surface area (TPSA) is 333 Å². The molecule has 2 N–H and O–H groups in total. The maximum atomic E-state index is 15.0. The molecule has 27 nitrogen and oxygen atoms in total. The molecule has 1 heterocycles. The van der Waals surface area contributed by atoms with E-state index < -0.39 is 117 Å². The number of carbonyl (C=O) groups is 11. The third-order valence-electron chi connectivity index (χ3n) is 19.7. The Bertz CT molecular complexity index is 4510. The normalized spacial score (nSPS) is 14.3. The molecule has 1 fully saturated rings. The minimum atomic E-state index is -4.48. The predicted molar refractivity (Wildman–Crippen MR) is 442 cm³/mol. The number of ketones is 2. The molecule has 8 aromatic rings. The van der Waals surface area contributed by atoms with Crippen molar-refractivity contribution in [3.63, 3.8) is 0 Å². The van der Waals surface area contributed by atoms with Gasteiger partial charge in [0.05, 0.1) is 57.4 Å². The van der Waals surface area contributed by atoms with Crippen molar-refractivity contribution in [3.05, 3.63) is 287 Å². The first-order valence-electron chi connectivity index (χ1n) is 40.1. The van der Waals surface area contributed by atoms with Crippen LogP contribution in [-0.2, 0) is 143 Å². The Kier molecular flexibility index (Phi) is 39.1. The van der Waals surface area contributed by atoms with E-state index >= 15 is 4.57 Å². The van der Waals surface area contributed by atoms with Crippen LogP contribution in [0.3, 0.4) is 0 Å². The molecule has 1 aliphatic rings. The number of aryl methyl sites for hydroxylation is 1. The summed E-state index contributed by atoms with van der Waals surface area (Å²) in [5.41, 5.74) is 6.12. The van der Waals surface area contributed by atoms with E-state index in [0.29, 0.717) is 81.9 Å². The van der Waals surface area contributed by atoms with Crippen molar-refractivity contribution in [3.8, 4) is 0 Å². The van der Waals surface area contributed by atoms with Crippen LogP contribution in [0.15, 0.2) is 237 Å². The molecule has 9 rings (SSSR count). The molecule has 1 aliphatic heterocycles. The van der Waals surface area contributed by atoms with Gasteiger partial charge in [-0.2, -0.15) is 0 Å². The summed E-state index contributed by atoms with van der Waals surface area (Å²) >= 11 is 0. The van der Waals surface area contributed by atoms with Crippen LogP contribution in [0.5, 0.6) is 0 Å². The van der Waals surface area contributed by atoms with Crippen LogP contribution in [0.4, 0.5) is 4.79 Å². The van der Waals surface area contributed by atoms with Crippen LogP contribution in [0, 0.1) is 11.8 Å². The van der Waals surface area contributed by atoms with Gasteiger partial charge in [-0.05, 0) is 70.2 Å². The van der Waals surface area contributed by atoms with Gasteiger partial charge in [0.15, 0.2) is 5.78 Å². The van der Waals surface area contributed by atoms with Crippen molar-refractivity contribution < 1.29 is 105 Å². The van der Waals surface area contributed by atoms with E-state index in [4.69, 9.17) is 37.5 Å². The molecule has 1 saturated heterocycles. The van der Waals surface area contributed by atoms with Crippen molar-refractivity contribution in [1.82, 2.24) is 24.9 Å². The summed E-state index contributed by atoms with van der Waals surface area (Å²) in [6, 6.07) is 68.0. The lowest BCUT2D eigenvalue weighted by atomic mass is 9.93. The van der Waals surface area contributed by atoms with Crippen LogP contribution in [0.1, 0.15) is 106 Å². The quantitative estimate of drug-likeness (QED) is 0.0118. The van der Waals surface area contributed by atoms with E-state index in [9.17, 15) is 57.8 Å². The second-order valence-electron chi connectivity index (χ2n) is 29.0. The Morgan fingerprint density at radius 1 is 0.358 bits per heavy atom. The molecular weight excluding hydrogens is 1560 g/mol. The number of hydrogen-bond acceptors (Lipinski definition) is 25. The molecule has 0 bridgehead atoms. The monoisotopic (exact) mass is 1660 g/mol. The van der Waals surface area contributed by atoms with Crippen LogP contribution in [0.2, 0.25) is 0 Å². The fraction of sp³-hybridized carbons (Fsp3) is 0.359. The van der Waals surface area contributed by atoms with Crippen LogP contribution in [-0.4, -0.2) is 187 Å². The smallest absolute Gasteiger partial charge is 0.461 e. The Labute approximate surface area is 699 Å². The number of Topliss-reactive ketones (excluding diaryl/α,β-unsaturated/α-hetero) is 2. The van der Waals surface area contributed by atoms with Gasteiger partial charge in [-0.3, -0.25) is 67.3 Å². The van der Waals surface area contributed by atoms with Crippen LogP contribution in [0.25, 0.3) is 0 Å². The van der Waals surface area contributed by atoms with Crippen molar-refractivity contribution in [2.45, 2.75) is 110 Å². The SMILES string of the molecule is O=C(CCCc1ccc(C(=O)CC(CCC(=O)NC(CCOP(=O)(CC(CCC(=O)OCc2ccccc2)C(=O)OCc2ccccc2)OCc2ccccc2)C(=O)OC(=O)O)C(=O)OCc2ccccc2)cc1)CN1CCN(CC(=O)OCc2ccccc2)CCN(CC(=O)OCc2ccccc2)CCN(CC(=O)OCc2ccccc2)CC1. The molecule has 1 amide bonds. The number of amides is 1. The number of hydrogen-bond donors (Lipinski definition) is 2. The number of rotatable bonds is 46. The van der Waals surface area contributed by atoms with Gasteiger partial charge in [-0.15, -0.1) is 0 Å². The first-order valence-corrected chi connectivity index (χ1v) is 41.8. The van der Waals surface area contributed by atoms with Crippen LogP contribution >= 0.6 is 7.60 Å². The zero-order chi connectivity index (χ0) is 84.9. The Morgan fingerprint density at radius 2 is 0.708 bits per heavy atom. The lowest BCUT2D eigenvalue weighted by molar-refractivity contribution is -0.151. The number of carboxylic acid groups (broad SMARTS) is 1. The van der Waals surface area contributed by atoms with Crippen LogP contribution < -0.4 is 5.32 Å². The number of ether oxygens (including phenoxy) is 7. The first kappa shape index (κ1) is 92.2. The first-order chi connectivity index (χ1) is 58.2. The highest BCUT2D eigenvalue weighted by atomic mass is 31.2. The molecule has 0 spiro atoms. The molecule has 0 aliphatic carbocycles. The highest BCUT2D eigenvalue weighted by Crippen LogP contribution is 2.51. The third kappa shape index (κ3) is 35.5. The van der Waals surface area contributed by atoms with Gasteiger partial charge in [0.25, 0.3) is 0 Å². The molecule has 4 unspecified atom stereocenters. The van der Waals surface area contributed by atoms with Gasteiger partial charge >= 0.3 is 55.5 Å². The van der Waals surface area contributed by atoms with Crippen molar-refractivity contribution >= 4 is 73.0 Å². The summed E-state index contributed by atoms with van der Waals surface area (Å²) in [4.78, 5) is 157. The predicted octanol–water partition coefficient (Wildman–Crippen LogP) is 12.1. The minimum Gasteiger partial charge on any atom is -0.461 e. The fourth-order valence-electron chi connectivity index (χ4n) is 13.0. The van der Waals surface area contributed by atoms with E-state index in [-0.39, 0.29) is 109 Å². The summed E-state index contributed by atoms with van der Waals surface area (Å²) in [5, 5.41) is 12.0. The molecule has 0 radical (unpaired) electrons. The molecule has 28 heteroatoms. The number of nitrogens with zero attached hydrogens (tertiary/aromatic N) is 4.